The SMILES string of the molecule is CCC(=O)N1c2ccc(S(=O)(=O)N3CCCCC3)cc2C[C@H]1C(=O)NCCC(C)C. The minimum Gasteiger partial charge on any atom is -0.354 e. The van der Waals surface area contributed by atoms with Gasteiger partial charge < -0.3 is 5.32 Å². The number of fused-ring (bicyclic) bond motifs is 1. The molecule has 0 radical (unpaired) electrons. The molecule has 8 heteroatoms. The number of anilines is 1. The number of rotatable bonds is 7. The van der Waals surface area contributed by atoms with Gasteiger partial charge in [-0.15, -0.1) is 0 Å². The summed E-state index contributed by atoms with van der Waals surface area (Å²) in [6.45, 7) is 7.60. The zero-order valence-electron chi connectivity index (χ0n) is 18.2. The predicted molar refractivity (Wildman–Crippen MR) is 117 cm³/mol. The molecule has 0 unspecified atom stereocenters. The molecule has 0 aromatic heterocycles. The van der Waals surface area contributed by atoms with Crippen molar-refractivity contribution in [3.05, 3.63) is 23.8 Å². The Bertz CT molecular complexity index is 892. The maximum atomic E-state index is 13.0. The summed E-state index contributed by atoms with van der Waals surface area (Å²) in [7, 11) is -3.56. The lowest BCUT2D eigenvalue weighted by molar-refractivity contribution is -0.126. The highest BCUT2D eigenvalue weighted by atomic mass is 32.2. The summed E-state index contributed by atoms with van der Waals surface area (Å²) in [6.07, 6.45) is 4.29. The van der Waals surface area contributed by atoms with Crippen molar-refractivity contribution in [1.82, 2.24) is 9.62 Å². The van der Waals surface area contributed by atoms with Crippen LogP contribution in [0, 0.1) is 5.92 Å². The molecule has 7 nitrogen and oxygen atoms in total. The number of amides is 2. The Hall–Kier alpha value is -1.93. The van der Waals surface area contributed by atoms with Crippen molar-refractivity contribution in [3.63, 3.8) is 0 Å². The van der Waals surface area contributed by atoms with Gasteiger partial charge >= 0.3 is 0 Å². The number of carbonyl (C=O) groups is 2. The van der Waals surface area contributed by atoms with Gasteiger partial charge in [-0.1, -0.05) is 27.2 Å². The summed E-state index contributed by atoms with van der Waals surface area (Å²) in [6, 6.07) is 4.27. The van der Waals surface area contributed by atoms with Gasteiger partial charge in [0.05, 0.1) is 4.90 Å². The van der Waals surface area contributed by atoms with Crippen LogP contribution in [-0.4, -0.2) is 50.2 Å². The lowest BCUT2D eigenvalue weighted by atomic mass is 10.1. The molecule has 2 aliphatic heterocycles. The lowest BCUT2D eigenvalue weighted by Crippen LogP contribution is -2.48. The first-order valence-corrected chi connectivity index (χ1v) is 12.4. The van der Waals surface area contributed by atoms with Crippen molar-refractivity contribution >= 4 is 27.5 Å². The van der Waals surface area contributed by atoms with Crippen LogP contribution in [0.15, 0.2) is 23.1 Å². The van der Waals surface area contributed by atoms with Gasteiger partial charge in [0.25, 0.3) is 0 Å². The van der Waals surface area contributed by atoms with Gasteiger partial charge in [-0.2, -0.15) is 4.31 Å². The fourth-order valence-electron chi connectivity index (χ4n) is 4.13. The minimum absolute atomic E-state index is 0.135. The third-order valence-corrected chi connectivity index (χ3v) is 7.78. The van der Waals surface area contributed by atoms with Crippen LogP contribution in [0.1, 0.15) is 58.4 Å². The number of benzene rings is 1. The van der Waals surface area contributed by atoms with E-state index >= 15 is 0 Å². The van der Waals surface area contributed by atoms with E-state index in [0.29, 0.717) is 37.7 Å². The topological polar surface area (TPSA) is 86.8 Å². The first-order chi connectivity index (χ1) is 14.3. The van der Waals surface area contributed by atoms with Crippen molar-refractivity contribution in [2.45, 2.75) is 70.2 Å². The monoisotopic (exact) mass is 435 g/mol. The zero-order valence-corrected chi connectivity index (χ0v) is 19.0. The van der Waals surface area contributed by atoms with Gasteiger partial charge in [0.15, 0.2) is 0 Å². The summed E-state index contributed by atoms with van der Waals surface area (Å²) in [5, 5.41) is 2.94. The van der Waals surface area contributed by atoms with E-state index in [-0.39, 0.29) is 23.1 Å². The van der Waals surface area contributed by atoms with E-state index in [4.69, 9.17) is 0 Å². The third kappa shape index (κ3) is 4.70. The normalized spacial score (nSPS) is 19.7. The predicted octanol–water partition coefficient (Wildman–Crippen LogP) is 2.69. The molecule has 0 bridgehead atoms. The Labute approximate surface area is 179 Å². The van der Waals surface area contributed by atoms with Crippen LogP contribution in [0.25, 0.3) is 0 Å². The third-order valence-electron chi connectivity index (χ3n) is 5.88. The summed E-state index contributed by atoms with van der Waals surface area (Å²) in [5.74, 6) is 0.153. The Morgan fingerprint density at radius 3 is 2.50 bits per heavy atom. The molecule has 0 aliphatic carbocycles. The number of sulfonamides is 1. The molecule has 30 heavy (non-hydrogen) atoms. The van der Waals surface area contributed by atoms with Crippen molar-refractivity contribution in [2.24, 2.45) is 5.92 Å². The standard InChI is InChI=1S/C22H33N3O4S/c1-4-21(26)25-19-9-8-18(30(28,29)24-12-6-5-7-13-24)14-17(19)15-20(25)22(27)23-11-10-16(2)3/h8-9,14,16,20H,4-7,10-13,15H2,1-3H3,(H,23,27)/t20-/m0/s1. The van der Waals surface area contributed by atoms with Gasteiger partial charge in [-0.3, -0.25) is 14.5 Å². The summed E-state index contributed by atoms with van der Waals surface area (Å²) >= 11 is 0. The van der Waals surface area contributed by atoms with E-state index in [1.165, 1.54) is 9.21 Å². The number of hydrogen-bond donors (Lipinski definition) is 1. The second-order valence-corrected chi connectivity index (χ2v) is 10.5. The number of carbonyl (C=O) groups excluding carboxylic acids is 2. The zero-order chi connectivity index (χ0) is 21.9. The molecular weight excluding hydrogens is 402 g/mol. The smallest absolute Gasteiger partial charge is 0.243 e. The maximum absolute atomic E-state index is 13.0. The second kappa shape index (κ2) is 9.47. The fourth-order valence-corrected chi connectivity index (χ4v) is 5.70. The molecule has 1 N–H and O–H groups in total. The van der Waals surface area contributed by atoms with E-state index in [0.717, 1.165) is 31.2 Å². The molecule has 1 aromatic rings. The minimum atomic E-state index is -3.56. The van der Waals surface area contributed by atoms with Gasteiger partial charge in [0, 0.05) is 38.2 Å². The first-order valence-electron chi connectivity index (χ1n) is 11.0. The van der Waals surface area contributed by atoms with Crippen LogP contribution < -0.4 is 10.2 Å². The molecule has 2 heterocycles. The largest absolute Gasteiger partial charge is 0.354 e. The van der Waals surface area contributed by atoms with E-state index in [9.17, 15) is 18.0 Å². The molecule has 1 saturated heterocycles. The Balaban J connectivity index is 1.85. The molecule has 3 rings (SSSR count). The van der Waals surface area contributed by atoms with E-state index in [1.807, 2.05) is 0 Å². The highest BCUT2D eigenvalue weighted by Gasteiger charge is 2.38. The quantitative estimate of drug-likeness (QED) is 0.713. The number of piperidine rings is 1. The molecule has 2 aliphatic rings. The molecule has 1 aromatic carbocycles. The molecular formula is C22H33N3O4S. The van der Waals surface area contributed by atoms with Gasteiger partial charge in [0.2, 0.25) is 21.8 Å². The maximum Gasteiger partial charge on any atom is 0.243 e. The highest BCUT2D eigenvalue weighted by molar-refractivity contribution is 7.89. The number of hydrogen-bond acceptors (Lipinski definition) is 4. The number of nitrogens with zero attached hydrogens (tertiary/aromatic N) is 2. The first kappa shape index (κ1) is 22.7. The summed E-state index contributed by atoms with van der Waals surface area (Å²) in [5.41, 5.74) is 1.38. The molecule has 1 atom stereocenters. The number of nitrogens with one attached hydrogen (secondary N) is 1. The Morgan fingerprint density at radius 2 is 1.87 bits per heavy atom. The van der Waals surface area contributed by atoms with Crippen LogP contribution in [-0.2, 0) is 26.0 Å². The van der Waals surface area contributed by atoms with Crippen molar-refractivity contribution in [2.75, 3.05) is 24.5 Å². The summed E-state index contributed by atoms with van der Waals surface area (Å²) < 4.78 is 27.6. The van der Waals surface area contributed by atoms with Crippen LogP contribution in [0.3, 0.4) is 0 Å². The average molecular weight is 436 g/mol. The molecule has 1 fully saturated rings. The van der Waals surface area contributed by atoms with Crippen molar-refractivity contribution in [3.8, 4) is 0 Å². The van der Waals surface area contributed by atoms with Crippen LogP contribution in [0.4, 0.5) is 5.69 Å². The Morgan fingerprint density at radius 1 is 1.17 bits per heavy atom. The van der Waals surface area contributed by atoms with E-state index in [1.54, 1.807) is 25.1 Å². The molecule has 2 amide bonds. The average Bonchev–Trinajstić information content (AvgIpc) is 3.12. The van der Waals surface area contributed by atoms with Crippen LogP contribution >= 0.6 is 0 Å². The molecule has 166 valence electrons. The van der Waals surface area contributed by atoms with E-state index < -0.39 is 16.1 Å². The molecule has 0 saturated carbocycles. The summed E-state index contributed by atoms with van der Waals surface area (Å²) in [4.78, 5) is 27.2. The van der Waals surface area contributed by atoms with Gasteiger partial charge in [-0.25, -0.2) is 8.42 Å². The van der Waals surface area contributed by atoms with Crippen LogP contribution in [0.5, 0.6) is 0 Å². The lowest BCUT2D eigenvalue weighted by Gasteiger charge is -2.26. The molecule has 0 spiro atoms. The second-order valence-electron chi connectivity index (χ2n) is 8.57. The fraction of sp³-hybridized carbons (Fsp3) is 0.636. The van der Waals surface area contributed by atoms with Crippen molar-refractivity contribution in [1.29, 1.82) is 0 Å². The Kier molecular flexibility index (Phi) is 7.18. The van der Waals surface area contributed by atoms with Gasteiger partial charge in [-0.05, 0) is 48.9 Å². The highest BCUT2D eigenvalue weighted by Crippen LogP contribution is 2.35. The van der Waals surface area contributed by atoms with Crippen molar-refractivity contribution < 1.29 is 18.0 Å². The van der Waals surface area contributed by atoms with Gasteiger partial charge in [0.1, 0.15) is 6.04 Å². The van der Waals surface area contributed by atoms with E-state index in [2.05, 4.69) is 19.2 Å². The van der Waals surface area contributed by atoms with Crippen LogP contribution in [0.2, 0.25) is 0 Å².